The van der Waals surface area contributed by atoms with E-state index in [0.717, 1.165) is 56.3 Å². The molecule has 5 heteroatoms. The maximum atomic E-state index is 9.89. The second-order valence-corrected chi connectivity index (χ2v) is 16.6. The fourth-order valence-electron chi connectivity index (χ4n) is 8.96. The summed E-state index contributed by atoms with van der Waals surface area (Å²) in [4.78, 5) is 8.34. The number of rotatable bonds is 6. The first-order valence-corrected chi connectivity index (χ1v) is 20.0. The Morgan fingerprint density at radius 3 is 1.88 bits per heavy atom. The summed E-state index contributed by atoms with van der Waals surface area (Å²) >= 11 is 0. The van der Waals surface area contributed by atoms with Gasteiger partial charge in [-0.05, 0) is 132 Å². The van der Waals surface area contributed by atoms with E-state index in [1.807, 2.05) is 36.4 Å². The van der Waals surface area contributed by atoms with Crippen molar-refractivity contribution in [1.82, 2.24) is 4.40 Å². The van der Waals surface area contributed by atoms with E-state index in [1.165, 1.54) is 43.4 Å². The molecule has 0 amide bonds. The highest BCUT2D eigenvalue weighted by atomic mass is 15.2. The summed E-state index contributed by atoms with van der Waals surface area (Å²) in [6.45, 7) is 18.9. The molecule has 8 aromatic carbocycles. The van der Waals surface area contributed by atoms with E-state index >= 15 is 0 Å². The van der Waals surface area contributed by atoms with Crippen LogP contribution in [0.3, 0.4) is 0 Å². The third-order valence-electron chi connectivity index (χ3n) is 11.9. The third kappa shape index (κ3) is 5.74. The Kier molecular flexibility index (Phi) is 8.20. The van der Waals surface area contributed by atoms with Gasteiger partial charge in [0.1, 0.15) is 0 Å². The SMILES string of the molecule is [C-]#[N+]c1cccc(N(c2ccc3cc4c5ccc(N(c6cccc(C#N)c6)c6ccccc6C)cc5n5c6ccc(C(C)(C)C)cc6c(c3c2)c45)c2ccccc2C)c1. The molecule has 0 saturated heterocycles. The van der Waals surface area contributed by atoms with Gasteiger partial charge < -0.3 is 14.2 Å². The van der Waals surface area contributed by atoms with Crippen molar-refractivity contribution in [1.29, 1.82) is 5.26 Å². The highest BCUT2D eigenvalue weighted by Gasteiger charge is 2.25. The average Bonchev–Trinajstić information content (AvgIpc) is 3.76. The Morgan fingerprint density at radius 1 is 0.559 bits per heavy atom. The van der Waals surface area contributed by atoms with Crippen LogP contribution in [0.15, 0.2) is 158 Å². The normalized spacial score (nSPS) is 11.8. The summed E-state index contributed by atoms with van der Waals surface area (Å²) < 4.78 is 2.47. The van der Waals surface area contributed by atoms with Crippen molar-refractivity contribution in [3.8, 4) is 6.07 Å². The molecule has 0 fully saturated rings. The molecule has 0 unspecified atom stereocenters. The smallest absolute Gasteiger partial charge is 0.189 e. The number of hydrogen-bond donors (Lipinski definition) is 0. The molecule has 0 atom stereocenters. The Hall–Kier alpha value is -7.60. The number of benzene rings is 8. The minimum absolute atomic E-state index is 0.0437. The zero-order chi connectivity index (χ0) is 40.6. The van der Waals surface area contributed by atoms with Crippen molar-refractivity contribution in [2.24, 2.45) is 0 Å². The van der Waals surface area contributed by atoms with Crippen molar-refractivity contribution < 1.29 is 0 Å². The van der Waals surface area contributed by atoms with E-state index in [0.29, 0.717) is 11.3 Å². The van der Waals surface area contributed by atoms with Gasteiger partial charge in [-0.1, -0.05) is 93.6 Å². The third-order valence-corrected chi connectivity index (χ3v) is 11.9. The molecule has 5 nitrogen and oxygen atoms in total. The highest BCUT2D eigenvalue weighted by Crippen LogP contribution is 2.48. The van der Waals surface area contributed by atoms with Crippen LogP contribution in [0.25, 0.3) is 53.7 Å². The predicted molar refractivity (Wildman–Crippen MR) is 247 cm³/mol. The summed E-state index contributed by atoms with van der Waals surface area (Å²) in [7, 11) is 0. The lowest BCUT2D eigenvalue weighted by Crippen LogP contribution is -2.11. The van der Waals surface area contributed by atoms with Gasteiger partial charge in [0.15, 0.2) is 5.69 Å². The molecule has 2 heterocycles. The Morgan fingerprint density at radius 2 is 1.20 bits per heavy atom. The number of aromatic nitrogens is 1. The zero-order valence-corrected chi connectivity index (χ0v) is 33.7. The van der Waals surface area contributed by atoms with Gasteiger partial charge in [0.05, 0.1) is 34.8 Å². The summed E-state index contributed by atoms with van der Waals surface area (Å²) in [6, 6.07) is 58.0. The van der Waals surface area contributed by atoms with Crippen LogP contribution in [-0.4, -0.2) is 4.40 Å². The molecule has 0 aliphatic heterocycles. The number of nitriles is 1. The highest BCUT2D eigenvalue weighted by molar-refractivity contribution is 6.32. The van der Waals surface area contributed by atoms with Gasteiger partial charge in [-0.25, -0.2) is 4.85 Å². The van der Waals surface area contributed by atoms with E-state index < -0.39 is 0 Å². The summed E-state index contributed by atoms with van der Waals surface area (Å²) in [5.41, 5.74) is 14.3. The van der Waals surface area contributed by atoms with Gasteiger partial charge in [0.2, 0.25) is 0 Å². The molecule has 282 valence electrons. The van der Waals surface area contributed by atoms with E-state index in [-0.39, 0.29) is 5.41 Å². The van der Waals surface area contributed by atoms with Crippen molar-refractivity contribution >= 4 is 88.7 Å². The first-order valence-electron chi connectivity index (χ1n) is 20.0. The van der Waals surface area contributed by atoms with Crippen molar-refractivity contribution in [2.75, 3.05) is 9.80 Å². The molecule has 10 rings (SSSR count). The molecule has 0 bridgehead atoms. The molecular weight excluding hydrogens is 719 g/mol. The van der Waals surface area contributed by atoms with Gasteiger partial charge >= 0.3 is 0 Å². The van der Waals surface area contributed by atoms with Crippen molar-refractivity contribution in [3.05, 3.63) is 191 Å². The lowest BCUT2D eigenvalue weighted by Gasteiger charge is -2.27. The van der Waals surface area contributed by atoms with Crippen LogP contribution in [0.1, 0.15) is 43.0 Å². The minimum atomic E-state index is -0.0437. The standard InChI is InChI=1S/C54H41N5/c1-34-13-7-9-19-48(34)57(40-17-11-15-36(27-40)33-55)43-24-25-44-46-28-37-21-23-42(58(49-20-10-8-14-35(49)2)41-18-12-16-39(30-41)56-6)31-45(37)52-47-29-38(54(3,4)5)22-26-50(47)59(53(46)52)51(44)32-43/h7-32H,1-5H3. The van der Waals surface area contributed by atoms with E-state index in [4.69, 9.17) is 6.57 Å². The maximum absolute atomic E-state index is 9.89. The number of fused-ring (bicyclic) bond motifs is 8. The molecule has 0 saturated carbocycles. The second kappa shape index (κ2) is 13.5. The fourth-order valence-corrected chi connectivity index (χ4v) is 8.96. The molecule has 2 aromatic heterocycles. The van der Waals surface area contributed by atoms with Crippen molar-refractivity contribution in [2.45, 2.75) is 40.0 Å². The maximum Gasteiger partial charge on any atom is 0.189 e. The largest absolute Gasteiger partial charge is 0.311 e. The zero-order valence-electron chi connectivity index (χ0n) is 33.7. The molecule has 0 aliphatic carbocycles. The topological polar surface area (TPSA) is 39.0 Å². The van der Waals surface area contributed by atoms with Crippen LogP contribution < -0.4 is 9.80 Å². The van der Waals surface area contributed by atoms with E-state index in [1.54, 1.807) is 0 Å². The van der Waals surface area contributed by atoms with Crippen LogP contribution in [0.4, 0.5) is 39.8 Å². The molecule has 0 spiro atoms. The number of para-hydroxylation sites is 2. The molecule has 10 aromatic rings. The number of nitrogens with zero attached hydrogens (tertiary/aromatic N) is 5. The number of anilines is 6. The minimum Gasteiger partial charge on any atom is -0.311 e. The lowest BCUT2D eigenvalue weighted by molar-refractivity contribution is 0.591. The molecule has 0 aliphatic rings. The van der Waals surface area contributed by atoms with Crippen LogP contribution in [0, 0.1) is 31.8 Å². The summed E-state index contributed by atoms with van der Waals surface area (Å²) in [6.07, 6.45) is 0. The Bertz CT molecular complexity index is 3390. The molecule has 0 radical (unpaired) electrons. The van der Waals surface area contributed by atoms with Crippen LogP contribution in [-0.2, 0) is 5.41 Å². The second-order valence-electron chi connectivity index (χ2n) is 16.6. The molecular formula is C54H41N5. The van der Waals surface area contributed by atoms with Crippen LogP contribution >= 0.6 is 0 Å². The van der Waals surface area contributed by atoms with Gasteiger partial charge in [0, 0.05) is 55.7 Å². The average molecular weight is 760 g/mol. The monoisotopic (exact) mass is 759 g/mol. The first kappa shape index (κ1) is 35.8. The number of aryl methyl sites for hydroxylation is 2. The van der Waals surface area contributed by atoms with Crippen LogP contribution in [0.2, 0.25) is 0 Å². The Balaban J connectivity index is 1.29. The number of hydrogen-bond acceptors (Lipinski definition) is 3. The Labute approximate surface area is 344 Å². The van der Waals surface area contributed by atoms with Gasteiger partial charge in [0.25, 0.3) is 0 Å². The first-order chi connectivity index (χ1) is 28.6. The van der Waals surface area contributed by atoms with Gasteiger partial charge in [-0.3, -0.25) is 0 Å². The van der Waals surface area contributed by atoms with Gasteiger partial charge in [-0.2, -0.15) is 5.26 Å². The molecule has 0 N–H and O–H groups in total. The van der Waals surface area contributed by atoms with E-state index in [2.05, 4.69) is 181 Å². The lowest BCUT2D eigenvalue weighted by atomic mass is 9.86. The van der Waals surface area contributed by atoms with Crippen molar-refractivity contribution in [3.63, 3.8) is 0 Å². The summed E-state index contributed by atoms with van der Waals surface area (Å²) in [5, 5.41) is 17.1. The predicted octanol–water partition coefficient (Wildman–Crippen LogP) is 15.3. The van der Waals surface area contributed by atoms with Gasteiger partial charge in [-0.15, -0.1) is 0 Å². The fraction of sp³-hybridized carbons (Fsp3) is 0.111. The summed E-state index contributed by atoms with van der Waals surface area (Å²) in [5.74, 6) is 0. The van der Waals surface area contributed by atoms with Crippen LogP contribution in [0.5, 0.6) is 0 Å². The van der Waals surface area contributed by atoms with E-state index in [9.17, 15) is 5.26 Å². The quantitative estimate of drug-likeness (QED) is 0.159. The molecule has 59 heavy (non-hydrogen) atoms.